The van der Waals surface area contributed by atoms with E-state index in [1.54, 1.807) is 6.92 Å². The van der Waals surface area contributed by atoms with E-state index < -0.39 is 0 Å². The second-order valence-corrected chi connectivity index (χ2v) is 33.4. The van der Waals surface area contributed by atoms with Crippen LogP contribution in [0.3, 0.4) is 0 Å². The van der Waals surface area contributed by atoms with Crippen molar-refractivity contribution in [1.82, 2.24) is 59.2 Å². The Hall–Kier alpha value is -5.53. The minimum atomic E-state index is -0.377. The highest BCUT2D eigenvalue weighted by Gasteiger charge is 2.50. The van der Waals surface area contributed by atoms with Crippen LogP contribution in [-0.4, -0.2) is 305 Å². The monoisotopic (exact) mass is 1470 g/mol. The number of carbonyl (C=O) groups excluding carboxylic acids is 9. The fourth-order valence-electron chi connectivity index (χ4n) is 22.1. The number of ketones is 1. The number of amides is 8. The van der Waals surface area contributed by atoms with Crippen molar-refractivity contribution in [3.05, 3.63) is 0 Å². The number of ether oxygens (including phenoxy) is 4. The molecular formula is C80H134N12O13. The van der Waals surface area contributed by atoms with Crippen LogP contribution in [0.15, 0.2) is 0 Å². The van der Waals surface area contributed by atoms with Crippen LogP contribution < -0.4 is 5.32 Å². The summed E-state index contributed by atoms with van der Waals surface area (Å²) in [7, 11) is 0. The number of rotatable bonds is 11. The Morgan fingerprint density at radius 2 is 0.581 bits per heavy atom. The fraction of sp³-hybridized carbons (Fsp3) is 0.887. The Bertz CT molecular complexity index is 2690. The average molecular weight is 1470 g/mol. The molecule has 25 nitrogen and oxygen atoms in total. The predicted octanol–water partition coefficient (Wildman–Crippen LogP) is 9.61. The second-order valence-electron chi connectivity index (χ2n) is 33.4. The number of hydrogen-bond acceptors (Lipinski definition) is 17. The van der Waals surface area contributed by atoms with Gasteiger partial charge in [0, 0.05) is 185 Å². The first-order valence-corrected chi connectivity index (χ1v) is 42.5. The van der Waals surface area contributed by atoms with E-state index in [1.165, 1.54) is 108 Å². The summed E-state index contributed by atoms with van der Waals surface area (Å²) in [5.41, 5.74) is 0. The lowest BCUT2D eigenvalue weighted by atomic mass is 9.84. The zero-order valence-electron chi connectivity index (χ0n) is 64.7. The maximum absolute atomic E-state index is 12.6. The topological polar surface area (TPSA) is 238 Å². The van der Waals surface area contributed by atoms with Crippen LogP contribution in [-0.2, 0) is 42.9 Å². The zero-order valence-corrected chi connectivity index (χ0v) is 64.7. The van der Waals surface area contributed by atoms with Gasteiger partial charge < -0.3 is 63.5 Å². The molecule has 0 spiro atoms. The van der Waals surface area contributed by atoms with Gasteiger partial charge in [-0.15, -0.1) is 0 Å². The highest BCUT2D eigenvalue weighted by Crippen LogP contribution is 2.44. The Kier molecular flexibility index (Phi) is 28.8. The molecule has 592 valence electrons. The summed E-state index contributed by atoms with van der Waals surface area (Å²) in [4.78, 5) is 131. The Labute approximate surface area is 628 Å². The molecule has 4 aliphatic carbocycles. The number of nitrogens with one attached hydrogen (secondary N) is 1. The van der Waals surface area contributed by atoms with Crippen LogP contribution in [0.4, 0.5) is 19.2 Å². The van der Waals surface area contributed by atoms with E-state index in [4.69, 9.17) is 18.9 Å². The van der Waals surface area contributed by atoms with E-state index in [0.29, 0.717) is 153 Å². The van der Waals surface area contributed by atoms with Gasteiger partial charge in [0.1, 0.15) is 0 Å². The van der Waals surface area contributed by atoms with E-state index >= 15 is 0 Å². The van der Waals surface area contributed by atoms with E-state index in [1.807, 2.05) is 35.5 Å². The quantitative estimate of drug-likeness (QED) is 0.189. The Morgan fingerprint density at radius 3 is 0.848 bits per heavy atom. The largest absolute Gasteiger partial charge is 0.450 e. The van der Waals surface area contributed by atoms with Gasteiger partial charge >= 0.3 is 24.4 Å². The average Bonchev–Trinajstić information content (AvgIpc) is 1.46. The molecule has 105 heavy (non-hydrogen) atoms. The normalized spacial score (nSPS) is 32.3. The predicted molar refractivity (Wildman–Crippen MR) is 400 cm³/mol. The van der Waals surface area contributed by atoms with Crippen molar-refractivity contribution >= 4 is 53.8 Å². The molecule has 0 aromatic rings. The van der Waals surface area contributed by atoms with E-state index in [9.17, 15) is 43.2 Å². The van der Waals surface area contributed by atoms with Gasteiger partial charge in [0.2, 0.25) is 23.6 Å². The molecular weight excluding hydrogens is 1340 g/mol. The molecule has 12 saturated heterocycles. The molecule has 8 amide bonds. The molecule has 25 heteroatoms. The van der Waals surface area contributed by atoms with Gasteiger partial charge in [-0.3, -0.25) is 38.7 Å². The molecule has 16 fully saturated rings. The number of piperidine rings is 4. The number of likely N-dealkylation sites (tertiary alicyclic amines) is 11. The van der Waals surface area contributed by atoms with E-state index in [-0.39, 0.29) is 38.1 Å². The van der Waals surface area contributed by atoms with Gasteiger partial charge in [-0.2, -0.15) is 0 Å². The first-order chi connectivity index (χ1) is 51.1. The van der Waals surface area contributed by atoms with Crippen LogP contribution in [0.1, 0.15) is 235 Å². The first kappa shape index (κ1) is 79.0. The highest BCUT2D eigenvalue weighted by molar-refractivity contribution is 5.87. The summed E-state index contributed by atoms with van der Waals surface area (Å²) in [6.45, 7) is 23.0. The first-order valence-electron chi connectivity index (χ1n) is 42.5. The van der Waals surface area contributed by atoms with Crippen LogP contribution in [0, 0.1) is 23.7 Å². The summed E-state index contributed by atoms with van der Waals surface area (Å²) in [5, 5.41) is 3.39. The summed E-state index contributed by atoms with van der Waals surface area (Å²) in [6.07, 6.45) is 35.2. The van der Waals surface area contributed by atoms with Crippen molar-refractivity contribution in [2.45, 2.75) is 300 Å². The molecule has 0 radical (unpaired) electrons. The highest BCUT2D eigenvalue weighted by atomic mass is 16.6. The van der Waals surface area contributed by atoms with Crippen molar-refractivity contribution in [3.8, 4) is 0 Å². The van der Waals surface area contributed by atoms with Crippen molar-refractivity contribution < 1.29 is 63.5 Å². The maximum atomic E-state index is 12.6. The third-order valence-electron chi connectivity index (χ3n) is 27.4. The molecule has 0 aromatic heterocycles. The fourth-order valence-corrected chi connectivity index (χ4v) is 22.1. The minimum absolute atomic E-state index is 0. The van der Waals surface area contributed by atoms with Crippen molar-refractivity contribution in [1.29, 1.82) is 0 Å². The smallest absolute Gasteiger partial charge is 0.410 e. The van der Waals surface area contributed by atoms with Gasteiger partial charge in [-0.25, -0.2) is 19.2 Å². The summed E-state index contributed by atoms with van der Waals surface area (Å²) in [5.74, 6) is 4.36. The Balaban J connectivity index is 0.000000136. The molecule has 1 unspecified atom stereocenters. The van der Waals surface area contributed by atoms with Crippen LogP contribution >= 0.6 is 0 Å². The van der Waals surface area contributed by atoms with Gasteiger partial charge in [-0.1, -0.05) is 51.4 Å². The van der Waals surface area contributed by atoms with Crippen LogP contribution in [0.2, 0.25) is 0 Å². The Morgan fingerprint density at radius 1 is 0.324 bits per heavy atom. The number of carbonyl (C=O) groups is 9. The number of nitrogens with zero attached hydrogens (tertiary/aromatic N) is 11. The van der Waals surface area contributed by atoms with E-state index in [0.717, 1.165) is 188 Å². The second kappa shape index (κ2) is 38.2. The lowest BCUT2D eigenvalue weighted by Crippen LogP contribution is -2.52. The molecule has 0 bridgehead atoms. The molecule has 16 rings (SSSR count). The molecule has 12 aliphatic heterocycles. The molecule has 0 aromatic carbocycles. The maximum Gasteiger partial charge on any atom is 0.410 e. The van der Waals surface area contributed by atoms with Gasteiger partial charge in [0.25, 0.3) is 0 Å². The third kappa shape index (κ3) is 19.6. The number of hydrogen-bond donors (Lipinski definition) is 1. The van der Waals surface area contributed by atoms with Crippen molar-refractivity contribution in [2.24, 2.45) is 23.7 Å². The third-order valence-corrected chi connectivity index (χ3v) is 27.4. The molecule has 4 saturated carbocycles. The molecule has 16 aliphatic rings. The molecule has 12 heterocycles. The van der Waals surface area contributed by atoms with Crippen LogP contribution in [0.5, 0.6) is 0 Å². The van der Waals surface area contributed by atoms with Crippen molar-refractivity contribution in [2.75, 3.05) is 131 Å². The molecule has 11 atom stereocenters. The van der Waals surface area contributed by atoms with Gasteiger partial charge in [-0.05, 0) is 186 Å². The number of fused-ring (bicyclic) bond motifs is 4. The van der Waals surface area contributed by atoms with Crippen LogP contribution in [0.25, 0.3) is 0 Å². The van der Waals surface area contributed by atoms with Gasteiger partial charge in [0.05, 0.1) is 33.0 Å². The van der Waals surface area contributed by atoms with E-state index in [2.05, 4.69) is 39.6 Å². The number of Topliss-reactive ketones (excluding diaryl/α,β-unsaturated/α-hetero) is 1. The SMILES string of the molecule is CCOC(=O)N1CCC(=O)C1.CCOC(=O)N1CCC(N2CCC(N3C(=O)C[C@H]4CCCC[C@@H]43)CC2)C1.CCOC(=O)N1CC[C@@H](N2CCC(N3C(=O)C[C@H]4CCCC[C@@H]43)CC2)C1.CCOC(=O)N1CC[C@H](N2CCC(N3C(=O)C[C@H]4CCCC[C@@H]43)CC2)C1.O=C1C[C@H]2CCCC[C@@H]2N1C1CCNCC1.[HH]. The summed E-state index contributed by atoms with van der Waals surface area (Å²) < 4.78 is 20.1. The molecule has 1 N–H and O–H groups in total. The lowest BCUT2D eigenvalue weighted by molar-refractivity contribution is -0.133. The van der Waals surface area contributed by atoms with Crippen molar-refractivity contribution in [3.63, 3.8) is 0 Å². The minimum Gasteiger partial charge on any atom is -0.450 e. The van der Waals surface area contributed by atoms with Gasteiger partial charge in [0.15, 0.2) is 5.78 Å². The lowest BCUT2D eigenvalue weighted by Gasteiger charge is -2.42. The summed E-state index contributed by atoms with van der Waals surface area (Å²) >= 11 is 0. The zero-order chi connectivity index (χ0) is 73.5. The summed E-state index contributed by atoms with van der Waals surface area (Å²) in [6, 6.07) is 5.41. The standard InChI is InChI=1S/3C20H33N3O3.C13H22N2O.C7H11NO3.H2/c3*1-2-26-20(25)22-12-9-17(14-22)21-10-7-16(8-11-21)23-18-6-4-3-5-15(18)13-19(23)24;16-13-9-10-3-1-2-4-12(10)15(13)11-5-7-14-8-6-11;1-2-11-7(10)8-4-3-6(9)5-8;/h3*15-18H,2-14H2,1H3;10-12,14H,1-9H2;2-5H2,1H3;1H/t15-,17?,18+;15-,17+,18+;15-,17-,18+;10-,12+;;/m1111../s1.